The van der Waals surface area contributed by atoms with Gasteiger partial charge in [-0.05, 0) is 19.3 Å². The summed E-state index contributed by atoms with van der Waals surface area (Å²) in [4.78, 5) is 23.4. The molecule has 0 unspecified atom stereocenters. The van der Waals surface area contributed by atoms with Crippen molar-refractivity contribution in [2.24, 2.45) is 0 Å². The molecule has 0 bridgehead atoms. The Hall–Kier alpha value is -1.52. The monoisotopic (exact) mass is 239 g/mol. The van der Waals surface area contributed by atoms with Gasteiger partial charge >= 0.3 is 0 Å². The van der Waals surface area contributed by atoms with Crippen LogP contribution >= 0.6 is 0 Å². The highest BCUT2D eigenvalue weighted by molar-refractivity contribution is 5.93. The van der Waals surface area contributed by atoms with Crippen molar-refractivity contribution in [3.8, 4) is 0 Å². The first-order valence-corrected chi connectivity index (χ1v) is 6.22. The molecule has 0 spiro atoms. The van der Waals surface area contributed by atoms with Crippen LogP contribution in [0.4, 0.5) is 0 Å². The van der Waals surface area contributed by atoms with Crippen molar-refractivity contribution in [2.45, 2.75) is 52.6 Å². The number of carbonyl (C=O) groups excluding carboxylic acids is 1. The molecular formula is C12H21N3O2. The van der Waals surface area contributed by atoms with E-state index in [1.54, 1.807) is 10.9 Å². The fourth-order valence-corrected chi connectivity index (χ4v) is 1.72. The predicted molar refractivity (Wildman–Crippen MR) is 67.2 cm³/mol. The van der Waals surface area contributed by atoms with E-state index in [9.17, 15) is 9.59 Å². The lowest BCUT2D eigenvalue weighted by Crippen LogP contribution is -2.35. The Balaban J connectivity index is 2.78. The van der Waals surface area contributed by atoms with Gasteiger partial charge in [0.1, 0.15) is 5.56 Å². The first-order chi connectivity index (χ1) is 8.12. The SMILES string of the molecule is CCCn1cc(C(=O)NC(CC)CC)c(=O)[nH]1. The van der Waals surface area contributed by atoms with Gasteiger partial charge in [0.2, 0.25) is 0 Å². The smallest absolute Gasteiger partial charge is 0.276 e. The van der Waals surface area contributed by atoms with Gasteiger partial charge in [-0.1, -0.05) is 20.8 Å². The van der Waals surface area contributed by atoms with Gasteiger partial charge in [-0.25, -0.2) is 0 Å². The molecule has 5 heteroatoms. The summed E-state index contributed by atoms with van der Waals surface area (Å²) in [5, 5.41) is 5.49. The Morgan fingerprint density at radius 3 is 2.59 bits per heavy atom. The quantitative estimate of drug-likeness (QED) is 0.790. The van der Waals surface area contributed by atoms with Gasteiger partial charge in [0.25, 0.3) is 11.5 Å². The van der Waals surface area contributed by atoms with Gasteiger partial charge in [0, 0.05) is 18.8 Å². The van der Waals surface area contributed by atoms with Crippen molar-refractivity contribution < 1.29 is 4.79 Å². The van der Waals surface area contributed by atoms with Crippen LogP contribution in [0, 0.1) is 0 Å². The number of aromatic nitrogens is 2. The topological polar surface area (TPSA) is 66.9 Å². The maximum absolute atomic E-state index is 11.9. The van der Waals surface area contributed by atoms with Crippen LogP contribution in [0.25, 0.3) is 0 Å². The number of hydrogen-bond acceptors (Lipinski definition) is 2. The van der Waals surface area contributed by atoms with E-state index in [0.717, 1.165) is 19.3 Å². The second kappa shape index (κ2) is 6.27. The van der Waals surface area contributed by atoms with E-state index in [2.05, 4.69) is 10.4 Å². The molecule has 17 heavy (non-hydrogen) atoms. The third-order valence-corrected chi connectivity index (χ3v) is 2.80. The summed E-state index contributed by atoms with van der Waals surface area (Å²) in [6.07, 6.45) is 4.24. The van der Waals surface area contributed by atoms with Crippen LogP contribution in [0.2, 0.25) is 0 Å². The van der Waals surface area contributed by atoms with E-state index in [-0.39, 0.29) is 23.1 Å². The zero-order valence-electron chi connectivity index (χ0n) is 10.7. The molecule has 0 atom stereocenters. The number of hydrogen-bond donors (Lipinski definition) is 2. The lowest BCUT2D eigenvalue weighted by Gasteiger charge is -2.13. The van der Waals surface area contributed by atoms with E-state index in [4.69, 9.17) is 0 Å². The highest BCUT2D eigenvalue weighted by atomic mass is 16.2. The number of rotatable bonds is 6. The lowest BCUT2D eigenvalue weighted by molar-refractivity contribution is 0.0933. The zero-order valence-corrected chi connectivity index (χ0v) is 10.7. The maximum atomic E-state index is 11.9. The Bertz CT molecular complexity index is 416. The fraction of sp³-hybridized carbons (Fsp3) is 0.667. The van der Waals surface area contributed by atoms with Crippen molar-refractivity contribution in [3.63, 3.8) is 0 Å². The number of aryl methyl sites for hydroxylation is 1. The van der Waals surface area contributed by atoms with Crippen LogP contribution in [-0.4, -0.2) is 21.7 Å². The Morgan fingerprint density at radius 1 is 1.41 bits per heavy atom. The summed E-state index contributed by atoms with van der Waals surface area (Å²) >= 11 is 0. The number of nitrogens with one attached hydrogen (secondary N) is 2. The van der Waals surface area contributed by atoms with Crippen LogP contribution in [-0.2, 0) is 6.54 Å². The van der Waals surface area contributed by atoms with Crippen LogP contribution in [0.1, 0.15) is 50.4 Å². The number of carbonyl (C=O) groups is 1. The molecule has 0 aliphatic rings. The minimum atomic E-state index is -0.318. The third-order valence-electron chi connectivity index (χ3n) is 2.80. The molecule has 2 N–H and O–H groups in total. The van der Waals surface area contributed by atoms with Crippen LogP contribution in [0.15, 0.2) is 11.0 Å². The molecular weight excluding hydrogens is 218 g/mol. The molecule has 0 saturated heterocycles. The number of nitrogens with zero attached hydrogens (tertiary/aromatic N) is 1. The van der Waals surface area contributed by atoms with Crippen molar-refractivity contribution in [2.75, 3.05) is 0 Å². The molecule has 1 heterocycles. The van der Waals surface area contributed by atoms with Gasteiger partial charge in [0.15, 0.2) is 0 Å². The fourth-order valence-electron chi connectivity index (χ4n) is 1.72. The Labute approximate surface area is 101 Å². The number of amides is 1. The second-order valence-corrected chi connectivity index (χ2v) is 4.16. The maximum Gasteiger partial charge on any atom is 0.276 e. The first-order valence-electron chi connectivity index (χ1n) is 6.22. The van der Waals surface area contributed by atoms with Crippen molar-refractivity contribution in [3.05, 3.63) is 22.1 Å². The molecule has 0 aliphatic heterocycles. The average Bonchev–Trinajstić information content (AvgIpc) is 2.67. The van der Waals surface area contributed by atoms with Gasteiger partial charge < -0.3 is 5.32 Å². The number of H-pyrrole nitrogens is 1. The first kappa shape index (κ1) is 13.5. The summed E-state index contributed by atoms with van der Waals surface area (Å²) < 4.78 is 1.66. The van der Waals surface area contributed by atoms with Crippen molar-refractivity contribution in [1.29, 1.82) is 0 Å². The van der Waals surface area contributed by atoms with Crippen molar-refractivity contribution in [1.82, 2.24) is 15.1 Å². The molecule has 0 aliphatic carbocycles. The van der Waals surface area contributed by atoms with Crippen LogP contribution in [0.3, 0.4) is 0 Å². The highest BCUT2D eigenvalue weighted by Gasteiger charge is 2.15. The largest absolute Gasteiger partial charge is 0.349 e. The minimum Gasteiger partial charge on any atom is -0.349 e. The van der Waals surface area contributed by atoms with E-state index in [1.165, 1.54) is 0 Å². The van der Waals surface area contributed by atoms with Gasteiger partial charge in [-0.2, -0.15) is 0 Å². The van der Waals surface area contributed by atoms with E-state index in [0.29, 0.717) is 6.54 Å². The Morgan fingerprint density at radius 2 is 2.06 bits per heavy atom. The average molecular weight is 239 g/mol. The summed E-state index contributed by atoms with van der Waals surface area (Å²) in [7, 11) is 0. The molecule has 1 amide bonds. The molecule has 1 aromatic heterocycles. The van der Waals surface area contributed by atoms with Crippen LogP contribution in [0.5, 0.6) is 0 Å². The van der Waals surface area contributed by atoms with Crippen LogP contribution < -0.4 is 10.9 Å². The number of aromatic amines is 1. The minimum absolute atomic E-state index is 0.136. The summed E-state index contributed by atoms with van der Waals surface area (Å²) in [5.41, 5.74) is -0.118. The molecule has 96 valence electrons. The Kier molecular flexibility index (Phi) is 5.00. The molecule has 5 nitrogen and oxygen atoms in total. The second-order valence-electron chi connectivity index (χ2n) is 4.16. The molecule has 0 aromatic carbocycles. The summed E-state index contributed by atoms with van der Waals surface area (Å²) in [6, 6.07) is 0.136. The van der Waals surface area contributed by atoms with E-state index >= 15 is 0 Å². The lowest BCUT2D eigenvalue weighted by atomic mass is 10.1. The van der Waals surface area contributed by atoms with Gasteiger partial charge in [-0.3, -0.25) is 19.4 Å². The standard InChI is InChI=1S/C12H21N3O2/c1-4-7-15-8-10(12(17)14-15)11(16)13-9(5-2)6-3/h8-9H,4-7H2,1-3H3,(H,13,16)(H,14,17). The summed E-state index contributed by atoms with van der Waals surface area (Å²) in [6.45, 7) is 6.76. The predicted octanol–water partition coefficient (Wildman–Crippen LogP) is 1.50. The van der Waals surface area contributed by atoms with Crippen molar-refractivity contribution >= 4 is 5.91 Å². The molecule has 0 radical (unpaired) electrons. The zero-order chi connectivity index (χ0) is 12.8. The normalized spacial score (nSPS) is 10.8. The molecule has 1 rings (SSSR count). The highest BCUT2D eigenvalue weighted by Crippen LogP contribution is 1.99. The molecule has 0 fully saturated rings. The third kappa shape index (κ3) is 3.47. The molecule has 0 saturated carbocycles. The summed E-state index contributed by atoms with van der Waals surface area (Å²) in [5.74, 6) is -0.283. The van der Waals surface area contributed by atoms with E-state index in [1.807, 2.05) is 20.8 Å². The van der Waals surface area contributed by atoms with Gasteiger partial charge in [0.05, 0.1) is 0 Å². The van der Waals surface area contributed by atoms with E-state index < -0.39 is 0 Å². The van der Waals surface area contributed by atoms with Gasteiger partial charge in [-0.15, -0.1) is 0 Å². The molecule has 1 aromatic rings.